The van der Waals surface area contributed by atoms with E-state index in [2.05, 4.69) is 10.3 Å². The van der Waals surface area contributed by atoms with Gasteiger partial charge in [0.15, 0.2) is 0 Å². The average molecular weight is 339 g/mol. The number of anilines is 1. The molecule has 0 spiro atoms. The summed E-state index contributed by atoms with van der Waals surface area (Å²) in [4.78, 5) is 28.6. The van der Waals surface area contributed by atoms with E-state index in [0.29, 0.717) is 11.1 Å². The van der Waals surface area contributed by atoms with E-state index in [4.69, 9.17) is 0 Å². The number of carbonyl (C=O) groups is 1. The minimum Gasteiger partial charge on any atom is -0.328 e. The zero-order chi connectivity index (χ0) is 18.0. The van der Waals surface area contributed by atoms with Crippen LogP contribution in [0, 0.1) is 5.82 Å². The Bertz CT molecular complexity index is 984. The van der Waals surface area contributed by atoms with Crippen LogP contribution >= 0.6 is 0 Å². The number of carbonyl (C=O) groups excluding carboxylic acids is 1. The Hall–Kier alpha value is -3.15. The SMILES string of the molecule is C[C@H](c1c[nH]c(=O)c2ccccc12)N(C)C(=O)Nc1cccc(F)c1. The van der Waals surface area contributed by atoms with Crippen molar-refractivity contribution in [1.29, 1.82) is 0 Å². The molecule has 0 radical (unpaired) electrons. The van der Waals surface area contributed by atoms with Crippen molar-refractivity contribution >= 4 is 22.5 Å². The number of halogens is 1. The van der Waals surface area contributed by atoms with Crippen LogP contribution in [0.15, 0.2) is 59.5 Å². The van der Waals surface area contributed by atoms with Gasteiger partial charge in [0.1, 0.15) is 5.82 Å². The van der Waals surface area contributed by atoms with Gasteiger partial charge in [-0.1, -0.05) is 24.3 Å². The molecular formula is C19H18FN3O2. The summed E-state index contributed by atoms with van der Waals surface area (Å²) in [5, 5.41) is 4.04. The number of nitrogens with one attached hydrogen (secondary N) is 2. The maximum absolute atomic E-state index is 13.3. The molecule has 6 heteroatoms. The molecule has 0 bridgehead atoms. The van der Waals surface area contributed by atoms with E-state index in [9.17, 15) is 14.0 Å². The zero-order valence-electron chi connectivity index (χ0n) is 13.9. The van der Waals surface area contributed by atoms with Gasteiger partial charge in [0.2, 0.25) is 0 Å². The molecule has 0 fully saturated rings. The van der Waals surface area contributed by atoms with Gasteiger partial charge in [-0.05, 0) is 42.1 Å². The first-order valence-corrected chi connectivity index (χ1v) is 7.87. The first-order valence-electron chi connectivity index (χ1n) is 7.87. The fraction of sp³-hybridized carbons (Fsp3) is 0.158. The summed E-state index contributed by atoms with van der Waals surface area (Å²) < 4.78 is 13.3. The minimum absolute atomic E-state index is 0.168. The zero-order valence-corrected chi connectivity index (χ0v) is 13.9. The monoisotopic (exact) mass is 339 g/mol. The van der Waals surface area contributed by atoms with Gasteiger partial charge in [0.25, 0.3) is 5.56 Å². The standard InChI is InChI=1S/C19H18FN3O2/c1-12(17-11-21-18(24)16-9-4-3-8-15(16)17)23(2)19(25)22-14-7-5-6-13(20)10-14/h3-12H,1-2H3,(H,21,24)(H,22,25)/t12-/m1/s1. The molecule has 5 nitrogen and oxygen atoms in total. The Morgan fingerprint density at radius 1 is 1.16 bits per heavy atom. The Balaban J connectivity index is 1.87. The first-order chi connectivity index (χ1) is 12.0. The lowest BCUT2D eigenvalue weighted by atomic mass is 10.0. The number of aromatic nitrogens is 1. The lowest BCUT2D eigenvalue weighted by molar-refractivity contribution is 0.208. The Morgan fingerprint density at radius 3 is 2.60 bits per heavy atom. The molecular weight excluding hydrogens is 321 g/mol. The number of H-pyrrole nitrogens is 1. The van der Waals surface area contributed by atoms with Crippen molar-refractivity contribution in [2.24, 2.45) is 0 Å². The van der Waals surface area contributed by atoms with Gasteiger partial charge in [-0.25, -0.2) is 9.18 Å². The van der Waals surface area contributed by atoms with E-state index in [1.165, 1.54) is 23.1 Å². The number of hydrogen-bond donors (Lipinski definition) is 2. The van der Waals surface area contributed by atoms with Gasteiger partial charge < -0.3 is 15.2 Å². The molecule has 1 aromatic heterocycles. The molecule has 1 atom stereocenters. The van der Waals surface area contributed by atoms with Crippen LogP contribution in [0.4, 0.5) is 14.9 Å². The number of nitrogens with zero attached hydrogens (tertiary/aromatic N) is 1. The Kier molecular flexibility index (Phi) is 4.52. The molecule has 3 aromatic rings. The van der Waals surface area contributed by atoms with E-state index >= 15 is 0 Å². The number of fused-ring (bicyclic) bond motifs is 1. The van der Waals surface area contributed by atoms with Crippen LogP contribution in [0.3, 0.4) is 0 Å². The highest BCUT2D eigenvalue weighted by atomic mass is 19.1. The van der Waals surface area contributed by atoms with Crippen LogP contribution in [0.1, 0.15) is 18.5 Å². The molecule has 0 unspecified atom stereocenters. The van der Waals surface area contributed by atoms with Crippen molar-refractivity contribution in [3.8, 4) is 0 Å². The van der Waals surface area contributed by atoms with Crippen LogP contribution in [0.2, 0.25) is 0 Å². The van der Waals surface area contributed by atoms with E-state index in [-0.39, 0.29) is 17.6 Å². The topological polar surface area (TPSA) is 65.2 Å². The van der Waals surface area contributed by atoms with Crippen LogP contribution < -0.4 is 10.9 Å². The second kappa shape index (κ2) is 6.76. The summed E-state index contributed by atoms with van der Waals surface area (Å²) in [7, 11) is 1.65. The van der Waals surface area contributed by atoms with E-state index in [1.54, 1.807) is 31.4 Å². The highest BCUT2D eigenvalue weighted by molar-refractivity contribution is 5.90. The Morgan fingerprint density at radius 2 is 1.88 bits per heavy atom. The fourth-order valence-electron chi connectivity index (χ4n) is 2.74. The average Bonchev–Trinajstić information content (AvgIpc) is 2.61. The number of benzene rings is 2. The van der Waals surface area contributed by atoms with E-state index in [0.717, 1.165) is 10.9 Å². The molecule has 0 saturated carbocycles. The second-order valence-electron chi connectivity index (χ2n) is 5.85. The molecule has 0 aliphatic carbocycles. The minimum atomic E-state index is -0.417. The van der Waals surface area contributed by atoms with Crippen molar-refractivity contribution < 1.29 is 9.18 Å². The van der Waals surface area contributed by atoms with Crippen molar-refractivity contribution in [3.63, 3.8) is 0 Å². The summed E-state index contributed by atoms with van der Waals surface area (Å²) in [5.41, 5.74) is 1.04. The highest BCUT2D eigenvalue weighted by Crippen LogP contribution is 2.25. The van der Waals surface area contributed by atoms with Gasteiger partial charge in [-0.2, -0.15) is 0 Å². The molecule has 1 heterocycles. The largest absolute Gasteiger partial charge is 0.328 e. The third kappa shape index (κ3) is 3.38. The summed E-state index contributed by atoms with van der Waals surface area (Å²) in [6, 6.07) is 12.3. The smallest absolute Gasteiger partial charge is 0.322 e. The molecule has 2 amide bonds. The number of amides is 2. The third-order valence-electron chi connectivity index (χ3n) is 4.27. The van der Waals surface area contributed by atoms with Crippen molar-refractivity contribution in [2.75, 3.05) is 12.4 Å². The lowest BCUT2D eigenvalue weighted by Gasteiger charge is -2.26. The predicted molar refractivity (Wildman–Crippen MR) is 96.2 cm³/mol. The molecule has 0 saturated heterocycles. The van der Waals surface area contributed by atoms with Gasteiger partial charge >= 0.3 is 6.03 Å². The quantitative estimate of drug-likeness (QED) is 0.760. The molecule has 128 valence electrons. The van der Waals surface area contributed by atoms with Crippen molar-refractivity contribution in [1.82, 2.24) is 9.88 Å². The molecule has 0 aliphatic heterocycles. The molecule has 25 heavy (non-hydrogen) atoms. The maximum Gasteiger partial charge on any atom is 0.322 e. The van der Waals surface area contributed by atoms with Crippen molar-refractivity contribution in [2.45, 2.75) is 13.0 Å². The number of pyridine rings is 1. The van der Waals surface area contributed by atoms with E-state index in [1.807, 2.05) is 19.1 Å². The van der Waals surface area contributed by atoms with Crippen LogP contribution in [-0.4, -0.2) is 23.0 Å². The normalized spacial score (nSPS) is 12.0. The Labute approximate surface area is 144 Å². The fourth-order valence-corrected chi connectivity index (χ4v) is 2.74. The summed E-state index contributed by atoms with van der Waals surface area (Å²) in [5.74, 6) is -0.417. The summed E-state index contributed by atoms with van der Waals surface area (Å²) in [6.07, 6.45) is 1.63. The van der Waals surface area contributed by atoms with Gasteiger partial charge in [0, 0.05) is 24.3 Å². The van der Waals surface area contributed by atoms with Gasteiger partial charge in [-0.15, -0.1) is 0 Å². The predicted octanol–water partition coefficient (Wildman–Crippen LogP) is 3.89. The number of urea groups is 1. The number of hydrogen-bond acceptors (Lipinski definition) is 2. The van der Waals surface area contributed by atoms with E-state index < -0.39 is 5.82 Å². The van der Waals surface area contributed by atoms with Crippen LogP contribution in [0.25, 0.3) is 10.8 Å². The first kappa shape index (κ1) is 16.7. The highest BCUT2D eigenvalue weighted by Gasteiger charge is 2.20. The molecule has 2 N–H and O–H groups in total. The summed E-state index contributed by atoms with van der Waals surface area (Å²) >= 11 is 0. The molecule has 3 rings (SSSR count). The summed E-state index contributed by atoms with van der Waals surface area (Å²) in [6.45, 7) is 1.87. The van der Waals surface area contributed by atoms with Crippen LogP contribution in [-0.2, 0) is 0 Å². The number of aromatic amines is 1. The van der Waals surface area contributed by atoms with Crippen LogP contribution in [0.5, 0.6) is 0 Å². The molecule has 0 aliphatic rings. The van der Waals surface area contributed by atoms with Gasteiger partial charge in [-0.3, -0.25) is 4.79 Å². The lowest BCUT2D eigenvalue weighted by Crippen LogP contribution is -2.34. The van der Waals surface area contributed by atoms with Crippen molar-refractivity contribution in [3.05, 3.63) is 76.5 Å². The van der Waals surface area contributed by atoms with Gasteiger partial charge in [0.05, 0.1) is 6.04 Å². The third-order valence-corrected chi connectivity index (χ3v) is 4.27. The second-order valence-corrected chi connectivity index (χ2v) is 5.85. The maximum atomic E-state index is 13.3. The molecule has 2 aromatic carbocycles. The number of rotatable bonds is 3.